The summed E-state index contributed by atoms with van der Waals surface area (Å²) in [6, 6.07) is -0.693. The van der Waals surface area contributed by atoms with Crippen LogP contribution >= 0.6 is 22.9 Å². The maximum absolute atomic E-state index is 15.0. The zero-order chi connectivity index (χ0) is 19.8. The molecule has 2 aromatic rings. The lowest BCUT2D eigenvalue weighted by Gasteiger charge is -2.44. The van der Waals surface area contributed by atoms with Crippen molar-refractivity contribution < 1.29 is 17.2 Å². The molecule has 2 atom stereocenters. The summed E-state index contributed by atoms with van der Waals surface area (Å²) in [6.07, 6.45) is 0. The third kappa shape index (κ3) is 2.61. The van der Waals surface area contributed by atoms with E-state index < -0.39 is 43.7 Å². The van der Waals surface area contributed by atoms with Crippen LogP contribution in [0.1, 0.15) is 12.5 Å². The molecule has 0 radical (unpaired) electrons. The molecular formula is C16H17F2IN4O3S. The molecule has 146 valence electrons. The first-order valence-corrected chi connectivity index (χ1v) is 11.0. The van der Waals surface area contributed by atoms with Gasteiger partial charge in [-0.1, -0.05) is 0 Å². The zero-order valence-corrected chi connectivity index (χ0v) is 17.8. The van der Waals surface area contributed by atoms with Crippen LogP contribution in [0.25, 0.3) is 10.9 Å². The maximum Gasteiger partial charge on any atom is 0.359 e. The van der Waals surface area contributed by atoms with Crippen molar-refractivity contribution >= 4 is 49.4 Å². The molecule has 0 bridgehead atoms. The molecule has 7 nitrogen and oxygen atoms in total. The number of piperazine rings is 1. The molecule has 27 heavy (non-hydrogen) atoms. The molecule has 1 aromatic heterocycles. The first-order chi connectivity index (χ1) is 12.5. The van der Waals surface area contributed by atoms with Crippen LogP contribution in [0.5, 0.6) is 0 Å². The number of likely N-dealkylation sites (N-methyl/N-ethyl adjacent to an activating group) is 1. The third-order valence-corrected chi connectivity index (χ3v) is 7.98. The van der Waals surface area contributed by atoms with Crippen LogP contribution in [0.2, 0.25) is 0 Å². The average Bonchev–Trinajstić information content (AvgIpc) is 2.64. The minimum atomic E-state index is -4.07. The van der Waals surface area contributed by atoms with E-state index in [4.69, 9.17) is 0 Å². The number of sulfone groups is 1. The van der Waals surface area contributed by atoms with E-state index in [9.17, 15) is 17.6 Å². The van der Waals surface area contributed by atoms with Gasteiger partial charge in [-0.2, -0.15) is 4.98 Å². The Bertz CT molecular complexity index is 1150. The summed E-state index contributed by atoms with van der Waals surface area (Å²) in [5.74, 6) is -2.34. The number of fused-ring (bicyclic) bond motifs is 2. The average molecular weight is 510 g/mol. The topological polar surface area (TPSA) is 75.5 Å². The SMILES string of the molecule is Cc1c(F)c2c3c(nc(=O)n(I)c3c1F)N1C(C)CN(C)CC1CS2(=O)=O. The molecule has 0 N–H and O–H groups in total. The van der Waals surface area contributed by atoms with Gasteiger partial charge in [0.2, 0.25) is 0 Å². The van der Waals surface area contributed by atoms with Gasteiger partial charge in [0.25, 0.3) is 0 Å². The number of halogens is 3. The van der Waals surface area contributed by atoms with Crippen molar-refractivity contribution in [3.8, 4) is 0 Å². The van der Waals surface area contributed by atoms with E-state index in [1.807, 2.05) is 18.9 Å². The molecule has 4 rings (SSSR count). The van der Waals surface area contributed by atoms with Gasteiger partial charge < -0.3 is 9.80 Å². The zero-order valence-electron chi connectivity index (χ0n) is 14.8. The molecule has 0 spiro atoms. The van der Waals surface area contributed by atoms with Crippen molar-refractivity contribution in [1.82, 2.24) is 12.7 Å². The van der Waals surface area contributed by atoms with E-state index >= 15 is 4.39 Å². The van der Waals surface area contributed by atoms with Gasteiger partial charge in [0.1, 0.15) is 22.0 Å². The fourth-order valence-corrected chi connectivity index (χ4v) is 6.63. The second-order valence-corrected chi connectivity index (χ2v) is 10.2. The molecule has 0 saturated carbocycles. The van der Waals surface area contributed by atoms with Crippen LogP contribution in [-0.4, -0.2) is 59.1 Å². The Labute approximate surface area is 168 Å². The normalized spacial score (nSPS) is 24.7. The van der Waals surface area contributed by atoms with Gasteiger partial charge in [-0.05, 0) is 20.9 Å². The van der Waals surface area contributed by atoms with Crippen molar-refractivity contribution in [3.63, 3.8) is 0 Å². The van der Waals surface area contributed by atoms with Crippen LogP contribution in [0.15, 0.2) is 9.69 Å². The molecule has 2 aliphatic rings. The highest BCUT2D eigenvalue weighted by Gasteiger charge is 2.43. The maximum atomic E-state index is 15.0. The lowest BCUT2D eigenvalue weighted by molar-refractivity contribution is 0.240. The number of aromatic nitrogens is 2. The first-order valence-electron chi connectivity index (χ1n) is 8.34. The number of benzene rings is 1. The first kappa shape index (κ1) is 19.0. The molecule has 11 heteroatoms. The molecule has 1 fully saturated rings. The third-order valence-electron chi connectivity index (χ3n) is 5.25. The lowest BCUT2D eigenvalue weighted by atomic mass is 10.1. The van der Waals surface area contributed by atoms with E-state index in [-0.39, 0.29) is 28.5 Å². The highest BCUT2D eigenvalue weighted by Crippen LogP contribution is 2.41. The summed E-state index contributed by atoms with van der Waals surface area (Å²) in [7, 11) is -2.20. The van der Waals surface area contributed by atoms with E-state index in [1.165, 1.54) is 6.92 Å². The highest BCUT2D eigenvalue weighted by molar-refractivity contribution is 14.1. The smallest absolute Gasteiger partial charge is 0.347 e. The van der Waals surface area contributed by atoms with Crippen molar-refractivity contribution in [1.29, 1.82) is 0 Å². The molecule has 2 aliphatic heterocycles. The second kappa shape index (κ2) is 6.08. The minimum Gasteiger partial charge on any atom is -0.347 e. The van der Waals surface area contributed by atoms with Gasteiger partial charge in [0.05, 0.1) is 40.0 Å². The molecular weight excluding hydrogens is 493 g/mol. The number of rotatable bonds is 0. The summed E-state index contributed by atoms with van der Waals surface area (Å²) in [5.41, 5.74) is -1.39. The predicted molar refractivity (Wildman–Crippen MR) is 105 cm³/mol. The highest BCUT2D eigenvalue weighted by atomic mass is 127. The standard InChI is InChI=1S/C16H17F2IN4O3S/c1-7-4-21(3)5-9-6-27(25,26)14-10-13(11(17)8(2)12(14)18)23(19)16(24)20-15(10)22(7)9/h7,9H,4-6H2,1-3H3. The van der Waals surface area contributed by atoms with Crippen molar-refractivity contribution in [3.05, 3.63) is 27.7 Å². The Hall–Kier alpha value is -1.34. The van der Waals surface area contributed by atoms with Crippen LogP contribution in [0.4, 0.5) is 14.6 Å². The van der Waals surface area contributed by atoms with Crippen molar-refractivity contribution in [2.45, 2.75) is 30.8 Å². The van der Waals surface area contributed by atoms with Gasteiger partial charge >= 0.3 is 5.69 Å². The monoisotopic (exact) mass is 510 g/mol. The number of hydrogen-bond donors (Lipinski definition) is 0. The van der Waals surface area contributed by atoms with E-state index in [2.05, 4.69) is 4.98 Å². The lowest BCUT2D eigenvalue weighted by Crippen LogP contribution is -2.59. The Morgan fingerprint density at radius 1 is 1.22 bits per heavy atom. The summed E-state index contributed by atoms with van der Waals surface area (Å²) >= 11 is 1.57. The van der Waals surface area contributed by atoms with Gasteiger partial charge in [0, 0.05) is 24.7 Å². The Balaban J connectivity index is 2.25. The van der Waals surface area contributed by atoms with Crippen LogP contribution in [0.3, 0.4) is 0 Å². The molecule has 1 saturated heterocycles. The summed E-state index contributed by atoms with van der Waals surface area (Å²) in [5, 5.41) is -0.150. The summed E-state index contributed by atoms with van der Waals surface area (Å²) in [6.45, 7) is 4.08. The van der Waals surface area contributed by atoms with Gasteiger partial charge in [0.15, 0.2) is 15.7 Å². The van der Waals surface area contributed by atoms with Gasteiger partial charge in [-0.25, -0.2) is 24.8 Å². The Morgan fingerprint density at radius 2 is 1.89 bits per heavy atom. The predicted octanol–water partition coefficient (Wildman–Crippen LogP) is 1.48. The molecule has 3 heterocycles. The fourth-order valence-electron chi connectivity index (χ4n) is 4.20. The molecule has 0 aliphatic carbocycles. The van der Waals surface area contributed by atoms with Crippen LogP contribution in [-0.2, 0) is 9.84 Å². The number of hydrogen-bond acceptors (Lipinski definition) is 6. The van der Waals surface area contributed by atoms with Crippen molar-refractivity contribution in [2.75, 3.05) is 30.8 Å². The van der Waals surface area contributed by atoms with E-state index in [0.29, 0.717) is 13.1 Å². The van der Waals surface area contributed by atoms with Crippen molar-refractivity contribution in [2.24, 2.45) is 0 Å². The minimum absolute atomic E-state index is 0.0439. The van der Waals surface area contributed by atoms with E-state index in [1.54, 1.807) is 27.8 Å². The van der Waals surface area contributed by atoms with Gasteiger partial charge in [-0.3, -0.25) is 0 Å². The molecule has 0 amide bonds. The van der Waals surface area contributed by atoms with E-state index in [0.717, 1.165) is 2.78 Å². The number of nitrogens with zero attached hydrogens (tertiary/aromatic N) is 4. The fraction of sp³-hybridized carbons (Fsp3) is 0.500. The summed E-state index contributed by atoms with van der Waals surface area (Å²) in [4.78, 5) is 19.6. The Kier molecular flexibility index (Phi) is 4.28. The molecule has 2 unspecified atom stereocenters. The second-order valence-electron chi connectivity index (χ2n) is 7.22. The molecule has 1 aromatic carbocycles. The van der Waals surface area contributed by atoms with Crippen LogP contribution < -0.4 is 10.6 Å². The quantitative estimate of drug-likeness (QED) is 0.395. The van der Waals surface area contributed by atoms with Crippen LogP contribution in [0, 0.1) is 18.6 Å². The summed E-state index contributed by atoms with van der Waals surface area (Å²) < 4.78 is 57.1. The largest absolute Gasteiger partial charge is 0.359 e. The number of anilines is 1. The Morgan fingerprint density at radius 3 is 2.56 bits per heavy atom. The van der Waals surface area contributed by atoms with Gasteiger partial charge in [-0.15, -0.1) is 0 Å².